The van der Waals surface area contributed by atoms with Crippen LogP contribution in [0, 0.1) is 11.8 Å². The van der Waals surface area contributed by atoms with Crippen LogP contribution in [0.1, 0.15) is 70.9 Å². The number of carbonyl (C=O) groups excluding carboxylic acids is 6. The van der Waals surface area contributed by atoms with Crippen molar-refractivity contribution in [3.8, 4) is 5.75 Å². The van der Waals surface area contributed by atoms with Gasteiger partial charge in [-0.1, -0.05) is 70.2 Å². The van der Waals surface area contributed by atoms with Crippen LogP contribution in [0.25, 0.3) is 0 Å². The molecule has 6 amide bonds. The van der Waals surface area contributed by atoms with E-state index < -0.39 is 71.7 Å². The second kappa shape index (κ2) is 19.2. The van der Waals surface area contributed by atoms with Crippen LogP contribution >= 0.6 is 0 Å². The van der Waals surface area contributed by atoms with E-state index in [1.807, 2.05) is 44.2 Å². The van der Waals surface area contributed by atoms with Crippen LogP contribution in [0.4, 0.5) is 0 Å². The first-order valence-corrected chi connectivity index (χ1v) is 18.6. The number of rotatable bonds is 9. The van der Waals surface area contributed by atoms with E-state index in [9.17, 15) is 33.9 Å². The minimum atomic E-state index is -1.08. The van der Waals surface area contributed by atoms with Crippen LogP contribution in [0.3, 0.4) is 0 Å². The molecule has 0 unspecified atom stereocenters. The van der Waals surface area contributed by atoms with E-state index in [-0.39, 0.29) is 62.8 Å². The fourth-order valence-corrected chi connectivity index (χ4v) is 6.63. The molecule has 2 aliphatic heterocycles. The Balaban J connectivity index is 1.70. The Hall–Kier alpha value is -4.98. The molecule has 0 aromatic heterocycles. The summed E-state index contributed by atoms with van der Waals surface area (Å²) >= 11 is 0. The van der Waals surface area contributed by atoms with Crippen LogP contribution in [0.15, 0.2) is 54.6 Å². The lowest BCUT2D eigenvalue weighted by Gasteiger charge is -2.31. The molecule has 8 N–H and O–H groups in total. The topological polar surface area (TPSA) is 212 Å². The zero-order valence-electron chi connectivity index (χ0n) is 31.1. The first-order chi connectivity index (χ1) is 25.2. The first-order valence-electron chi connectivity index (χ1n) is 18.6. The molecule has 6 atom stereocenters. The van der Waals surface area contributed by atoms with Crippen LogP contribution < -0.4 is 32.3 Å². The molecule has 0 saturated carbocycles. The van der Waals surface area contributed by atoms with Crippen molar-refractivity contribution in [2.24, 2.45) is 17.6 Å². The molecule has 2 aliphatic rings. The van der Waals surface area contributed by atoms with Crippen LogP contribution in [-0.2, 0) is 41.6 Å². The monoisotopic (exact) mass is 733 g/mol. The van der Waals surface area contributed by atoms with Gasteiger partial charge in [-0.3, -0.25) is 28.8 Å². The summed E-state index contributed by atoms with van der Waals surface area (Å²) in [5.41, 5.74) is 7.57. The highest BCUT2D eigenvalue weighted by Gasteiger charge is 2.40. The fraction of sp³-hybridized carbons (Fsp3) is 0.538. The minimum Gasteiger partial charge on any atom is -0.508 e. The summed E-state index contributed by atoms with van der Waals surface area (Å²) in [7, 11) is 0. The third-order valence-electron chi connectivity index (χ3n) is 9.71. The lowest BCUT2D eigenvalue weighted by Crippen LogP contribution is -2.60. The molecule has 0 bridgehead atoms. The highest BCUT2D eigenvalue weighted by atomic mass is 16.3. The number of hydrogen-bond acceptors (Lipinski definition) is 8. The molecule has 2 aromatic carbocycles. The predicted octanol–water partition coefficient (Wildman–Crippen LogP) is 1.05. The lowest BCUT2D eigenvalue weighted by atomic mass is 9.99. The average Bonchev–Trinajstić information content (AvgIpc) is 3.62. The van der Waals surface area contributed by atoms with Gasteiger partial charge in [-0.15, -0.1) is 0 Å². The summed E-state index contributed by atoms with van der Waals surface area (Å²) in [5.74, 6) is -3.27. The molecule has 2 heterocycles. The van der Waals surface area contributed by atoms with E-state index in [1.165, 1.54) is 17.0 Å². The molecule has 0 aliphatic carbocycles. The molecule has 2 aromatic rings. The number of nitrogens with zero attached hydrogens (tertiary/aromatic N) is 1. The summed E-state index contributed by atoms with van der Waals surface area (Å²) < 4.78 is 0. The number of nitrogens with one attached hydrogen (secondary N) is 5. The summed E-state index contributed by atoms with van der Waals surface area (Å²) in [6, 6.07) is 9.51. The van der Waals surface area contributed by atoms with Gasteiger partial charge in [0.05, 0.1) is 6.04 Å². The van der Waals surface area contributed by atoms with Gasteiger partial charge in [0.1, 0.15) is 36.0 Å². The van der Waals surface area contributed by atoms with Crippen molar-refractivity contribution >= 4 is 35.4 Å². The molecule has 4 rings (SSSR count). The summed E-state index contributed by atoms with van der Waals surface area (Å²) in [5, 5.41) is 24.0. The van der Waals surface area contributed by atoms with Crippen molar-refractivity contribution in [2.45, 2.75) is 109 Å². The van der Waals surface area contributed by atoms with Gasteiger partial charge < -0.3 is 42.3 Å². The van der Waals surface area contributed by atoms with Gasteiger partial charge in [-0.25, -0.2) is 0 Å². The number of amides is 6. The quantitative estimate of drug-likeness (QED) is 0.198. The molecular formula is C39H55N7O7. The Morgan fingerprint density at radius 2 is 1.42 bits per heavy atom. The molecule has 14 heteroatoms. The maximum absolute atomic E-state index is 14.4. The number of benzene rings is 2. The van der Waals surface area contributed by atoms with Crippen molar-refractivity contribution < 1.29 is 33.9 Å². The maximum atomic E-state index is 14.4. The first kappa shape index (κ1) is 40.8. The average molecular weight is 734 g/mol. The number of aromatic hydroxyl groups is 1. The summed E-state index contributed by atoms with van der Waals surface area (Å²) in [6.45, 7) is 7.78. The summed E-state index contributed by atoms with van der Waals surface area (Å²) in [4.78, 5) is 84.3. The molecule has 2 fully saturated rings. The molecule has 0 radical (unpaired) electrons. The molecular weight excluding hydrogens is 678 g/mol. The van der Waals surface area contributed by atoms with Gasteiger partial charge in [-0.05, 0) is 67.2 Å². The Morgan fingerprint density at radius 1 is 0.792 bits per heavy atom. The Morgan fingerprint density at radius 3 is 2.08 bits per heavy atom. The smallest absolute Gasteiger partial charge is 0.246 e. The zero-order valence-corrected chi connectivity index (χ0v) is 31.1. The second-order valence-electron chi connectivity index (χ2n) is 14.8. The highest BCUT2D eigenvalue weighted by Crippen LogP contribution is 2.21. The van der Waals surface area contributed by atoms with Crippen molar-refractivity contribution in [2.75, 3.05) is 13.1 Å². The molecule has 2 saturated heterocycles. The van der Waals surface area contributed by atoms with E-state index in [4.69, 9.17) is 5.73 Å². The van der Waals surface area contributed by atoms with E-state index in [0.29, 0.717) is 18.4 Å². The molecule has 0 spiro atoms. The highest BCUT2D eigenvalue weighted by molar-refractivity contribution is 5.97. The maximum Gasteiger partial charge on any atom is 0.246 e. The van der Waals surface area contributed by atoms with E-state index in [2.05, 4.69) is 26.6 Å². The normalized spacial score (nSPS) is 24.3. The predicted molar refractivity (Wildman–Crippen MR) is 199 cm³/mol. The number of carbonyl (C=O) groups is 6. The van der Waals surface area contributed by atoms with Crippen molar-refractivity contribution in [1.82, 2.24) is 31.5 Å². The SMILES string of the molecule is CC(C)C[C@@H]1NC(=O)[C@@H](NC(=O)[C@@H](N)C(C)C)CCCNC(=O)[C@@H](Cc2ccc(O)cc2)NC(=O)[C@@H]2CCCN2C(=O)[C@@H](Cc2ccccc2)NC1=O. The van der Waals surface area contributed by atoms with Gasteiger partial charge >= 0.3 is 0 Å². The zero-order chi connectivity index (χ0) is 38.7. The van der Waals surface area contributed by atoms with Crippen LogP contribution in [0.5, 0.6) is 5.75 Å². The van der Waals surface area contributed by atoms with Gasteiger partial charge in [0, 0.05) is 25.9 Å². The number of fused-ring (bicyclic) bond motifs is 1. The largest absolute Gasteiger partial charge is 0.508 e. The molecule has 14 nitrogen and oxygen atoms in total. The Bertz CT molecular complexity index is 1580. The number of nitrogens with two attached hydrogens (primary N) is 1. The van der Waals surface area contributed by atoms with Gasteiger partial charge in [0.15, 0.2) is 0 Å². The number of hydrogen-bond donors (Lipinski definition) is 7. The Labute approximate surface area is 311 Å². The van der Waals surface area contributed by atoms with Gasteiger partial charge in [0.25, 0.3) is 0 Å². The van der Waals surface area contributed by atoms with Crippen molar-refractivity contribution in [3.05, 3.63) is 65.7 Å². The van der Waals surface area contributed by atoms with Gasteiger partial charge in [-0.2, -0.15) is 0 Å². The molecule has 288 valence electrons. The standard InChI is InChI=1S/C39H55N7O7/c1-23(2)20-29-36(50)45-31(22-25-10-6-5-7-11-25)39(53)46-19-9-13-32(46)37(51)44-30(21-26-14-16-27(47)17-15-26)34(48)41-18-8-12-28(35(49)43-29)42-38(52)33(40)24(3)4/h5-7,10-11,14-17,23-24,28-33,47H,8-9,12-13,18-22,40H2,1-4H3,(H,41,48)(H,42,52)(H,43,49)(H,44,51)(H,45,50)/t28-,29-,30+,31+,32-,33-/m0/s1. The number of phenols is 1. The van der Waals surface area contributed by atoms with Crippen molar-refractivity contribution in [3.63, 3.8) is 0 Å². The van der Waals surface area contributed by atoms with E-state index >= 15 is 0 Å². The van der Waals surface area contributed by atoms with Crippen LogP contribution in [-0.4, -0.2) is 94.8 Å². The lowest BCUT2D eigenvalue weighted by molar-refractivity contribution is -0.142. The summed E-state index contributed by atoms with van der Waals surface area (Å²) in [6.07, 6.45) is 1.79. The molecule has 53 heavy (non-hydrogen) atoms. The second-order valence-corrected chi connectivity index (χ2v) is 14.8. The fourth-order valence-electron chi connectivity index (χ4n) is 6.63. The van der Waals surface area contributed by atoms with Crippen LogP contribution in [0.2, 0.25) is 0 Å². The van der Waals surface area contributed by atoms with E-state index in [1.54, 1.807) is 26.0 Å². The third-order valence-corrected chi connectivity index (χ3v) is 9.71. The minimum absolute atomic E-state index is 0.0222. The number of phenolic OH excluding ortho intramolecular Hbond substituents is 1. The third kappa shape index (κ3) is 11.8. The van der Waals surface area contributed by atoms with Crippen molar-refractivity contribution in [1.29, 1.82) is 0 Å². The van der Waals surface area contributed by atoms with Gasteiger partial charge in [0.2, 0.25) is 35.4 Å². The van der Waals surface area contributed by atoms with E-state index in [0.717, 1.165) is 5.56 Å². The Kier molecular flexibility index (Phi) is 14.8.